The molecule has 0 rings (SSSR count). The van der Waals surface area contributed by atoms with Gasteiger partial charge in [0.25, 0.3) is 0 Å². The standard InChI is InChI=1S/C9H11NO5/c1-3-10(6(2)11)7(9(14)15)4-5-8(12)13/h1,7H,4-5H2,2H3,(H,12,13)(H,14,15)/t7-/m0/s1. The predicted octanol–water partition coefficient (Wildman–Crippen LogP) is -0.256. The molecule has 0 aromatic carbocycles. The molecule has 1 atom stereocenters. The highest BCUT2D eigenvalue weighted by Gasteiger charge is 2.27. The first kappa shape index (κ1) is 13.0. The lowest BCUT2D eigenvalue weighted by molar-refractivity contribution is -0.147. The van der Waals surface area contributed by atoms with E-state index in [0.717, 1.165) is 6.92 Å². The van der Waals surface area contributed by atoms with Crippen LogP contribution in [0.15, 0.2) is 0 Å². The first-order chi connectivity index (χ1) is 6.90. The Hall–Kier alpha value is -2.03. The van der Waals surface area contributed by atoms with Gasteiger partial charge in [0.05, 0.1) is 0 Å². The number of hydrogen-bond acceptors (Lipinski definition) is 3. The van der Waals surface area contributed by atoms with Crippen LogP contribution >= 0.6 is 0 Å². The van der Waals surface area contributed by atoms with Crippen molar-refractivity contribution in [1.29, 1.82) is 0 Å². The number of terminal acetylenes is 1. The van der Waals surface area contributed by atoms with Gasteiger partial charge in [-0.05, 0) is 6.42 Å². The molecule has 0 saturated heterocycles. The number of rotatable bonds is 5. The molecule has 2 N–H and O–H groups in total. The topological polar surface area (TPSA) is 94.9 Å². The third kappa shape index (κ3) is 4.13. The highest BCUT2D eigenvalue weighted by atomic mass is 16.4. The van der Waals surface area contributed by atoms with Crippen molar-refractivity contribution in [3.8, 4) is 12.5 Å². The Morgan fingerprint density at radius 2 is 1.93 bits per heavy atom. The summed E-state index contributed by atoms with van der Waals surface area (Å²) in [7, 11) is 0. The van der Waals surface area contributed by atoms with Gasteiger partial charge in [0.2, 0.25) is 5.91 Å². The van der Waals surface area contributed by atoms with Gasteiger partial charge in [-0.3, -0.25) is 14.5 Å². The lowest BCUT2D eigenvalue weighted by Crippen LogP contribution is -2.41. The molecule has 0 aliphatic heterocycles. The number of aliphatic carboxylic acids is 2. The number of amides is 1. The fraction of sp³-hybridized carbons (Fsp3) is 0.444. The summed E-state index contributed by atoms with van der Waals surface area (Å²) >= 11 is 0. The monoisotopic (exact) mass is 213 g/mol. The van der Waals surface area contributed by atoms with Crippen molar-refractivity contribution in [2.45, 2.75) is 25.8 Å². The fourth-order valence-electron chi connectivity index (χ4n) is 1.02. The van der Waals surface area contributed by atoms with E-state index in [1.54, 1.807) is 0 Å². The van der Waals surface area contributed by atoms with Crippen LogP contribution in [0.25, 0.3) is 0 Å². The zero-order chi connectivity index (χ0) is 12.0. The van der Waals surface area contributed by atoms with Crippen LogP contribution in [0, 0.1) is 12.5 Å². The fourth-order valence-corrected chi connectivity index (χ4v) is 1.02. The van der Waals surface area contributed by atoms with Crippen LogP contribution in [0.4, 0.5) is 0 Å². The van der Waals surface area contributed by atoms with Gasteiger partial charge in [-0.1, -0.05) is 6.42 Å². The summed E-state index contributed by atoms with van der Waals surface area (Å²) in [6.45, 7) is 1.12. The quantitative estimate of drug-likeness (QED) is 0.484. The van der Waals surface area contributed by atoms with E-state index in [1.807, 2.05) is 6.04 Å². The number of hydrogen-bond donors (Lipinski definition) is 2. The van der Waals surface area contributed by atoms with Gasteiger partial charge in [0, 0.05) is 19.4 Å². The molecular formula is C9H11NO5. The summed E-state index contributed by atoms with van der Waals surface area (Å²) in [5.74, 6) is -3.05. The molecule has 1 amide bonds. The number of carbonyl (C=O) groups excluding carboxylic acids is 1. The second-order valence-electron chi connectivity index (χ2n) is 2.80. The summed E-state index contributed by atoms with van der Waals surface area (Å²) in [5.41, 5.74) is 0. The zero-order valence-corrected chi connectivity index (χ0v) is 8.14. The first-order valence-corrected chi connectivity index (χ1v) is 4.10. The van der Waals surface area contributed by atoms with E-state index in [1.165, 1.54) is 0 Å². The lowest BCUT2D eigenvalue weighted by Gasteiger charge is -2.20. The smallest absolute Gasteiger partial charge is 0.327 e. The van der Waals surface area contributed by atoms with Gasteiger partial charge >= 0.3 is 11.9 Å². The van der Waals surface area contributed by atoms with E-state index in [2.05, 4.69) is 0 Å². The minimum absolute atomic E-state index is 0.214. The van der Waals surface area contributed by atoms with Crippen LogP contribution < -0.4 is 0 Å². The van der Waals surface area contributed by atoms with Crippen molar-refractivity contribution in [2.75, 3.05) is 0 Å². The Morgan fingerprint density at radius 3 is 2.20 bits per heavy atom. The lowest BCUT2D eigenvalue weighted by atomic mass is 10.1. The minimum Gasteiger partial charge on any atom is -0.481 e. The number of carboxylic acid groups (broad SMARTS) is 2. The highest BCUT2D eigenvalue weighted by molar-refractivity contribution is 5.84. The molecule has 6 nitrogen and oxygen atoms in total. The number of carboxylic acids is 2. The third-order valence-corrected chi connectivity index (χ3v) is 1.71. The van der Waals surface area contributed by atoms with Gasteiger partial charge in [-0.2, -0.15) is 0 Å². The van der Waals surface area contributed by atoms with Crippen molar-refractivity contribution in [3.63, 3.8) is 0 Å². The number of carbonyl (C=O) groups is 3. The van der Waals surface area contributed by atoms with E-state index in [0.29, 0.717) is 4.90 Å². The van der Waals surface area contributed by atoms with Crippen LogP contribution in [0.3, 0.4) is 0 Å². The molecule has 0 saturated carbocycles. The van der Waals surface area contributed by atoms with Crippen molar-refractivity contribution in [1.82, 2.24) is 4.90 Å². The Morgan fingerprint density at radius 1 is 1.40 bits per heavy atom. The third-order valence-electron chi connectivity index (χ3n) is 1.71. The summed E-state index contributed by atoms with van der Waals surface area (Å²) < 4.78 is 0. The zero-order valence-electron chi connectivity index (χ0n) is 8.14. The molecule has 0 spiro atoms. The average molecular weight is 213 g/mol. The van der Waals surface area contributed by atoms with E-state index in [-0.39, 0.29) is 12.8 Å². The van der Waals surface area contributed by atoms with Crippen molar-refractivity contribution in [3.05, 3.63) is 0 Å². The molecule has 0 bridgehead atoms. The molecular weight excluding hydrogens is 202 g/mol. The molecule has 0 unspecified atom stereocenters. The molecule has 0 fully saturated rings. The molecule has 6 heteroatoms. The minimum atomic E-state index is -1.32. The molecule has 0 radical (unpaired) electrons. The van der Waals surface area contributed by atoms with Gasteiger partial charge in [-0.25, -0.2) is 4.79 Å². The molecule has 0 aromatic rings. The van der Waals surface area contributed by atoms with Crippen LogP contribution in [-0.2, 0) is 14.4 Å². The summed E-state index contributed by atoms with van der Waals surface area (Å²) in [4.78, 5) is 32.6. The van der Waals surface area contributed by atoms with E-state index < -0.39 is 23.9 Å². The van der Waals surface area contributed by atoms with Crippen LogP contribution in [0.2, 0.25) is 0 Å². The normalized spacial score (nSPS) is 11.2. The highest BCUT2D eigenvalue weighted by Crippen LogP contribution is 2.07. The molecule has 0 heterocycles. The maximum absolute atomic E-state index is 10.9. The van der Waals surface area contributed by atoms with Crippen LogP contribution in [0.5, 0.6) is 0 Å². The first-order valence-electron chi connectivity index (χ1n) is 4.10. The van der Waals surface area contributed by atoms with E-state index >= 15 is 0 Å². The molecule has 0 aromatic heterocycles. The Bertz CT molecular complexity index is 317. The van der Waals surface area contributed by atoms with Crippen molar-refractivity contribution in [2.24, 2.45) is 0 Å². The van der Waals surface area contributed by atoms with E-state index in [4.69, 9.17) is 16.6 Å². The Labute approximate surface area is 86.5 Å². The van der Waals surface area contributed by atoms with Gasteiger partial charge in [0.15, 0.2) is 0 Å². The van der Waals surface area contributed by atoms with Crippen molar-refractivity contribution >= 4 is 17.8 Å². The van der Waals surface area contributed by atoms with Crippen molar-refractivity contribution < 1.29 is 24.6 Å². The van der Waals surface area contributed by atoms with Crippen LogP contribution in [-0.4, -0.2) is 39.0 Å². The molecule has 0 aliphatic rings. The second-order valence-corrected chi connectivity index (χ2v) is 2.80. The number of nitrogens with zero attached hydrogens (tertiary/aromatic N) is 1. The summed E-state index contributed by atoms with van der Waals surface area (Å²) in [6.07, 6.45) is 4.39. The van der Waals surface area contributed by atoms with Crippen LogP contribution in [0.1, 0.15) is 19.8 Å². The van der Waals surface area contributed by atoms with E-state index in [9.17, 15) is 14.4 Å². The maximum Gasteiger partial charge on any atom is 0.327 e. The largest absolute Gasteiger partial charge is 0.481 e. The molecule has 82 valence electrons. The molecule has 15 heavy (non-hydrogen) atoms. The Kier molecular flexibility index (Phi) is 4.88. The summed E-state index contributed by atoms with van der Waals surface area (Å²) in [5, 5.41) is 17.1. The van der Waals surface area contributed by atoms with Gasteiger partial charge < -0.3 is 10.2 Å². The average Bonchev–Trinajstić information content (AvgIpc) is 2.10. The molecule has 0 aliphatic carbocycles. The Balaban J connectivity index is 4.65. The van der Waals surface area contributed by atoms with Gasteiger partial charge in [-0.15, -0.1) is 0 Å². The maximum atomic E-state index is 10.9. The van der Waals surface area contributed by atoms with Gasteiger partial charge in [0.1, 0.15) is 6.04 Å². The second kappa shape index (κ2) is 5.65. The predicted molar refractivity (Wildman–Crippen MR) is 49.6 cm³/mol. The summed E-state index contributed by atoms with van der Waals surface area (Å²) in [6, 6.07) is 0.628. The SMILES string of the molecule is C#CN(C(C)=O)[C@@H](CCC(=O)O)C(=O)O.